The third-order valence-electron chi connectivity index (χ3n) is 2.66. The number of hydrogen-bond donors (Lipinski definition) is 2. The van der Waals surface area contributed by atoms with Gasteiger partial charge in [0, 0.05) is 11.4 Å². The number of carbonyl (C=O) groups is 1. The highest BCUT2D eigenvalue weighted by atomic mass is 32.1. The minimum atomic E-state index is -0.200. The molecule has 0 radical (unpaired) electrons. The fourth-order valence-corrected chi connectivity index (χ4v) is 2.83. The van der Waals surface area contributed by atoms with E-state index in [4.69, 9.17) is 5.84 Å². The van der Waals surface area contributed by atoms with E-state index in [0.29, 0.717) is 0 Å². The van der Waals surface area contributed by atoms with Crippen molar-refractivity contribution in [3.8, 4) is 0 Å². The first-order valence-corrected chi connectivity index (χ1v) is 5.45. The van der Waals surface area contributed by atoms with Crippen LogP contribution in [0, 0.1) is 0 Å². The lowest BCUT2D eigenvalue weighted by atomic mass is 10.0. The predicted octanol–water partition coefficient (Wildman–Crippen LogP) is 1.25. The largest absolute Gasteiger partial charge is 0.332 e. The number of urea groups is 1. The molecule has 14 heavy (non-hydrogen) atoms. The molecular weight excluding hydrogens is 198 g/mol. The molecule has 1 aromatic rings. The second-order valence-electron chi connectivity index (χ2n) is 3.37. The molecule has 0 saturated carbocycles. The van der Waals surface area contributed by atoms with E-state index in [1.54, 1.807) is 16.2 Å². The summed E-state index contributed by atoms with van der Waals surface area (Å²) in [4.78, 5) is 14.5. The first kappa shape index (κ1) is 9.48. The number of hydrazine groups is 1. The van der Waals surface area contributed by atoms with Crippen molar-refractivity contribution >= 4 is 17.4 Å². The average Bonchev–Trinajstić information content (AvgIpc) is 2.66. The first-order valence-electron chi connectivity index (χ1n) is 4.57. The van der Waals surface area contributed by atoms with Crippen LogP contribution < -0.4 is 11.3 Å². The summed E-state index contributed by atoms with van der Waals surface area (Å²) in [7, 11) is 0. The summed E-state index contributed by atoms with van der Waals surface area (Å²) in [5.41, 5.74) is 3.43. The van der Waals surface area contributed by atoms with Crippen LogP contribution in [-0.2, 0) is 6.42 Å². The smallest absolute Gasteiger partial charge is 0.317 e. The third-order valence-corrected chi connectivity index (χ3v) is 3.66. The second-order valence-corrected chi connectivity index (χ2v) is 4.37. The maximum absolute atomic E-state index is 11.4. The van der Waals surface area contributed by atoms with E-state index < -0.39 is 0 Å². The van der Waals surface area contributed by atoms with Gasteiger partial charge in [0.05, 0.1) is 6.04 Å². The third kappa shape index (κ3) is 1.38. The molecule has 1 aliphatic heterocycles. The molecule has 2 amide bonds. The van der Waals surface area contributed by atoms with Gasteiger partial charge in [-0.25, -0.2) is 10.6 Å². The van der Waals surface area contributed by atoms with Crippen molar-refractivity contribution in [2.75, 3.05) is 6.54 Å². The number of rotatable bonds is 0. The first-order chi connectivity index (χ1) is 6.74. The van der Waals surface area contributed by atoms with Crippen LogP contribution in [0.5, 0.6) is 0 Å². The molecule has 0 fully saturated rings. The van der Waals surface area contributed by atoms with Crippen LogP contribution in [0.1, 0.15) is 23.4 Å². The lowest BCUT2D eigenvalue weighted by Gasteiger charge is -2.32. The number of amides is 2. The van der Waals surface area contributed by atoms with Crippen LogP contribution in [0.2, 0.25) is 0 Å². The quantitative estimate of drug-likeness (QED) is 0.385. The van der Waals surface area contributed by atoms with Gasteiger partial charge in [-0.1, -0.05) is 0 Å². The molecule has 1 aromatic heterocycles. The van der Waals surface area contributed by atoms with Gasteiger partial charge < -0.3 is 4.90 Å². The molecule has 1 atom stereocenters. The van der Waals surface area contributed by atoms with Crippen molar-refractivity contribution in [3.05, 3.63) is 21.9 Å². The van der Waals surface area contributed by atoms with Gasteiger partial charge in [0.25, 0.3) is 0 Å². The molecule has 0 spiro atoms. The van der Waals surface area contributed by atoms with Gasteiger partial charge in [0.15, 0.2) is 0 Å². The SMILES string of the molecule is CC1c2ccsc2CCN1C(=O)NN. The maximum atomic E-state index is 11.4. The molecule has 0 saturated heterocycles. The Bertz CT molecular complexity index is 350. The molecule has 2 heterocycles. The fourth-order valence-electron chi connectivity index (χ4n) is 1.87. The van der Waals surface area contributed by atoms with Crippen LogP contribution in [0.25, 0.3) is 0 Å². The second kappa shape index (κ2) is 3.59. The summed E-state index contributed by atoms with van der Waals surface area (Å²) in [6.07, 6.45) is 0.935. The fraction of sp³-hybridized carbons (Fsp3) is 0.444. The molecule has 3 N–H and O–H groups in total. The summed E-state index contributed by atoms with van der Waals surface area (Å²) >= 11 is 1.76. The number of nitrogens with two attached hydrogens (primary N) is 1. The highest BCUT2D eigenvalue weighted by Crippen LogP contribution is 2.32. The Morgan fingerprint density at radius 2 is 2.57 bits per heavy atom. The minimum Gasteiger partial charge on any atom is -0.317 e. The summed E-state index contributed by atoms with van der Waals surface area (Å²) in [6.45, 7) is 2.78. The number of nitrogens with zero attached hydrogens (tertiary/aromatic N) is 1. The predicted molar refractivity (Wildman–Crippen MR) is 55.9 cm³/mol. The van der Waals surface area contributed by atoms with Crippen molar-refractivity contribution in [2.24, 2.45) is 5.84 Å². The van der Waals surface area contributed by atoms with Gasteiger partial charge in [0.1, 0.15) is 0 Å². The summed E-state index contributed by atoms with van der Waals surface area (Å²) in [6, 6.07) is 2.02. The Morgan fingerprint density at radius 1 is 1.79 bits per heavy atom. The topological polar surface area (TPSA) is 58.4 Å². The Balaban J connectivity index is 2.25. The zero-order chi connectivity index (χ0) is 10.1. The van der Waals surface area contributed by atoms with Gasteiger partial charge in [-0.2, -0.15) is 0 Å². The van der Waals surface area contributed by atoms with Crippen LogP contribution in [0.15, 0.2) is 11.4 Å². The maximum Gasteiger partial charge on any atom is 0.332 e. The number of nitrogens with one attached hydrogen (secondary N) is 1. The monoisotopic (exact) mass is 211 g/mol. The summed E-state index contributed by atoms with van der Waals surface area (Å²) in [5.74, 6) is 5.12. The van der Waals surface area contributed by atoms with E-state index in [1.165, 1.54) is 10.4 Å². The number of thiophene rings is 1. The van der Waals surface area contributed by atoms with Gasteiger partial charge in [0.2, 0.25) is 0 Å². The lowest BCUT2D eigenvalue weighted by Crippen LogP contribution is -2.46. The average molecular weight is 211 g/mol. The number of hydrogen-bond acceptors (Lipinski definition) is 3. The number of fused-ring (bicyclic) bond motifs is 1. The van der Waals surface area contributed by atoms with Crippen LogP contribution in [-0.4, -0.2) is 17.5 Å². The molecule has 0 aliphatic carbocycles. The molecule has 0 bridgehead atoms. The minimum absolute atomic E-state index is 0.133. The Hall–Kier alpha value is -1.07. The Kier molecular flexibility index (Phi) is 2.43. The highest BCUT2D eigenvalue weighted by molar-refractivity contribution is 7.10. The van der Waals surface area contributed by atoms with Crippen LogP contribution in [0.4, 0.5) is 4.79 Å². The normalized spacial score (nSPS) is 20.4. The lowest BCUT2D eigenvalue weighted by molar-refractivity contribution is 0.175. The van der Waals surface area contributed by atoms with Crippen LogP contribution >= 0.6 is 11.3 Å². The van der Waals surface area contributed by atoms with Crippen molar-refractivity contribution < 1.29 is 4.79 Å². The van der Waals surface area contributed by atoms with Crippen molar-refractivity contribution in [2.45, 2.75) is 19.4 Å². The number of carbonyl (C=O) groups excluding carboxylic acids is 1. The van der Waals surface area contributed by atoms with E-state index in [9.17, 15) is 4.79 Å². The molecule has 2 rings (SSSR count). The van der Waals surface area contributed by atoms with E-state index in [0.717, 1.165) is 13.0 Å². The van der Waals surface area contributed by atoms with Gasteiger partial charge in [-0.05, 0) is 30.4 Å². The zero-order valence-corrected chi connectivity index (χ0v) is 8.80. The van der Waals surface area contributed by atoms with Gasteiger partial charge >= 0.3 is 6.03 Å². The van der Waals surface area contributed by atoms with Crippen molar-refractivity contribution in [1.29, 1.82) is 0 Å². The summed E-state index contributed by atoms with van der Waals surface area (Å²) in [5, 5.41) is 2.07. The molecule has 5 heteroatoms. The standard InChI is InChI=1S/C9H13N3OS/c1-6-7-3-5-14-8(7)2-4-12(6)9(13)11-10/h3,5-6H,2,4,10H2,1H3,(H,11,13). The van der Waals surface area contributed by atoms with Gasteiger partial charge in [-0.15, -0.1) is 11.3 Å². The summed E-state index contributed by atoms with van der Waals surface area (Å²) < 4.78 is 0. The molecule has 4 nitrogen and oxygen atoms in total. The molecule has 1 unspecified atom stereocenters. The highest BCUT2D eigenvalue weighted by Gasteiger charge is 2.27. The zero-order valence-electron chi connectivity index (χ0n) is 7.99. The Labute approximate surface area is 86.7 Å². The van der Waals surface area contributed by atoms with E-state index >= 15 is 0 Å². The van der Waals surface area contributed by atoms with Crippen molar-refractivity contribution in [1.82, 2.24) is 10.3 Å². The van der Waals surface area contributed by atoms with E-state index in [1.807, 2.05) is 6.92 Å². The van der Waals surface area contributed by atoms with E-state index in [2.05, 4.69) is 16.9 Å². The van der Waals surface area contributed by atoms with Gasteiger partial charge in [-0.3, -0.25) is 5.43 Å². The molecular formula is C9H13N3OS. The molecule has 0 aromatic carbocycles. The molecule has 76 valence electrons. The van der Waals surface area contributed by atoms with Crippen molar-refractivity contribution in [3.63, 3.8) is 0 Å². The Morgan fingerprint density at radius 3 is 3.29 bits per heavy atom. The van der Waals surface area contributed by atoms with Crippen LogP contribution in [0.3, 0.4) is 0 Å². The van der Waals surface area contributed by atoms with E-state index in [-0.39, 0.29) is 12.1 Å². The molecule has 1 aliphatic rings.